The Balaban J connectivity index is 0.000000201. The summed E-state index contributed by atoms with van der Waals surface area (Å²) in [6, 6.07) is 29.1. The molecule has 0 spiro atoms. The van der Waals surface area contributed by atoms with E-state index in [0.29, 0.717) is 22.5 Å². The van der Waals surface area contributed by atoms with Crippen molar-refractivity contribution in [3.8, 4) is 22.6 Å². The predicted octanol–water partition coefficient (Wildman–Crippen LogP) is 10.1. The van der Waals surface area contributed by atoms with Gasteiger partial charge >= 0.3 is 145 Å². The monoisotopic (exact) mass is 880 g/mol. The van der Waals surface area contributed by atoms with Crippen LogP contribution >= 0.6 is 0 Å². The van der Waals surface area contributed by atoms with E-state index in [-0.39, 0.29) is 25.7 Å². The number of benzene rings is 3. The first-order valence-corrected chi connectivity index (χ1v) is 23.4. The topological polar surface area (TPSA) is 56.7 Å². The number of aromatic nitrogens is 4. The molecule has 0 amide bonds. The number of imidazole rings is 1. The summed E-state index contributed by atoms with van der Waals surface area (Å²) in [5, 5.41) is 2.07. The molecule has 249 valence electrons. The van der Waals surface area contributed by atoms with Crippen LogP contribution < -0.4 is 4.40 Å². The Hall–Kier alpha value is -3.58. The minimum absolute atomic E-state index is 0. The Bertz CT molecular complexity index is 2410. The quantitative estimate of drug-likeness (QED) is 0.128. The van der Waals surface area contributed by atoms with Gasteiger partial charge in [0.25, 0.3) is 0 Å². The molecular weight excluding hydrogens is 829 g/mol. The third-order valence-corrected chi connectivity index (χ3v) is 12.2. The van der Waals surface area contributed by atoms with Gasteiger partial charge in [-0.3, -0.25) is 4.98 Å². The second-order valence-electron chi connectivity index (χ2n) is 13.9. The van der Waals surface area contributed by atoms with Gasteiger partial charge in [-0.25, -0.2) is 4.98 Å². The van der Waals surface area contributed by atoms with Crippen LogP contribution in [-0.4, -0.2) is 32.8 Å². The number of hydrogen-bond acceptors (Lipinski definition) is 4. The number of fused-ring (bicyclic) bond motifs is 4. The maximum absolute atomic E-state index is 8.80. The van der Waals surface area contributed by atoms with E-state index in [9.17, 15) is 0 Å². The molecule has 3 aromatic carbocycles. The van der Waals surface area contributed by atoms with Gasteiger partial charge in [0.05, 0.1) is 22.4 Å². The van der Waals surface area contributed by atoms with Crippen molar-refractivity contribution in [3.05, 3.63) is 108 Å². The molecule has 0 saturated heterocycles. The third-order valence-electron chi connectivity index (χ3n) is 7.94. The summed E-state index contributed by atoms with van der Waals surface area (Å²) >= 11 is -2.36. The van der Waals surface area contributed by atoms with E-state index < -0.39 is 31.9 Å². The molecular formula is C41H44GeIrN4O-2. The van der Waals surface area contributed by atoms with E-state index >= 15 is 0 Å². The van der Waals surface area contributed by atoms with Crippen LogP contribution in [0.2, 0.25) is 17.3 Å². The fraction of sp³-hybridized carbons (Fsp3) is 0.293. The largest absolute Gasteiger partial charge is 0 e. The number of rotatable bonds is 5. The van der Waals surface area contributed by atoms with Gasteiger partial charge in [0.1, 0.15) is 0 Å². The van der Waals surface area contributed by atoms with Gasteiger partial charge < -0.3 is 8.98 Å². The molecule has 0 atom stereocenters. The van der Waals surface area contributed by atoms with Gasteiger partial charge in [-0.15, -0.1) is 18.2 Å². The van der Waals surface area contributed by atoms with Crippen molar-refractivity contribution in [1.82, 2.24) is 19.5 Å². The Morgan fingerprint density at radius 3 is 2.46 bits per heavy atom. The molecule has 0 saturated carbocycles. The van der Waals surface area contributed by atoms with Crippen LogP contribution in [0.3, 0.4) is 0 Å². The molecule has 4 aromatic heterocycles. The fourth-order valence-corrected chi connectivity index (χ4v) is 8.68. The summed E-state index contributed by atoms with van der Waals surface area (Å²) in [6.07, 6.45) is 0.303. The molecule has 0 aliphatic heterocycles. The van der Waals surface area contributed by atoms with Crippen molar-refractivity contribution in [1.29, 1.82) is 0 Å². The summed E-state index contributed by atoms with van der Waals surface area (Å²) in [4.78, 5) is 13.9. The molecule has 0 aliphatic rings. The van der Waals surface area contributed by atoms with Crippen LogP contribution in [0.25, 0.3) is 55.7 Å². The average Bonchev–Trinajstić information content (AvgIpc) is 3.64. The fourth-order valence-electron chi connectivity index (χ4n) is 5.76. The molecule has 5 nitrogen and oxygen atoms in total. The van der Waals surface area contributed by atoms with E-state index in [0.717, 1.165) is 55.4 Å². The minimum atomic E-state index is -2.36. The van der Waals surface area contributed by atoms with Crippen LogP contribution in [0.15, 0.2) is 83.4 Å². The molecule has 0 unspecified atom stereocenters. The Morgan fingerprint density at radius 2 is 1.77 bits per heavy atom. The molecule has 0 aliphatic carbocycles. The van der Waals surface area contributed by atoms with Gasteiger partial charge in [-0.05, 0) is 38.1 Å². The number of nitrogens with zero attached hydrogens (tertiary/aromatic N) is 4. The molecule has 4 heterocycles. The second-order valence-corrected chi connectivity index (χ2v) is 24.5. The van der Waals surface area contributed by atoms with Crippen LogP contribution in [0.5, 0.6) is 0 Å². The Kier molecular flexibility index (Phi) is 8.63. The number of hydrogen-bond donors (Lipinski definition) is 0. The van der Waals surface area contributed by atoms with E-state index in [1.807, 2.05) is 76.4 Å². The first-order valence-electron chi connectivity index (χ1n) is 18.5. The molecule has 7 heteroatoms. The van der Waals surface area contributed by atoms with Crippen molar-refractivity contribution >= 4 is 50.8 Å². The summed E-state index contributed by atoms with van der Waals surface area (Å²) in [5.74, 6) is 7.58. The summed E-state index contributed by atoms with van der Waals surface area (Å²) in [5.41, 5.74) is 7.03. The van der Waals surface area contributed by atoms with Gasteiger partial charge in [-0.1, -0.05) is 23.1 Å². The summed E-state index contributed by atoms with van der Waals surface area (Å²) < 4.78 is 49.4. The molecule has 0 N–H and O–H groups in total. The summed E-state index contributed by atoms with van der Waals surface area (Å²) in [7, 11) is 0. The number of pyridine rings is 2. The van der Waals surface area contributed by atoms with Gasteiger partial charge in [0, 0.05) is 37.7 Å². The van der Waals surface area contributed by atoms with Crippen LogP contribution in [-0.2, 0) is 33.0 Å². The molecule has 7 aromatic rings. The van der Waals surface area contributed by atoms with Gasteiger partial charge in [0.2, 0.25) is 5.71 Å². The standard InChI is InChI=1S/C21H16N3O.C20H28GeN.Ir/c1-3-24-18-10-5-4-9-17(18)23-20(24)16-8-6-7-14-15-12-11-13(2)22-21(15)25-19(14)16;1-15-8-10-16(11-9-15)19-12-17(13-20(2,3)4)18(14-22-19)21(5,6)7;/h4-7,9-12H,3H2,1-2H3;8-10,12,14H,13H2,1-7H3;/q2*-1;/i;1D3,13D2;. The zero-order valence-electron chi connectivity index (χ0n) is 33.7. The van der Waals surface area contributed by atoms with Gasteiger partial charge in [-0.2, -0.15) is 0 Å². The second kappa shape index (κ2) is 14.1. The van der Waals surface area contributed by atoms with Crippen LogP contribution in [0.4, 0.5) is 0 Å². The molecule has 7 rings (SSSR count). The Morgan fingerprint density at radius 1 is 0.979 bits per heavy atom. The van der Waals surface area contributed by atoms with Crippen molar-refractivity contribution in [2.24, 2.45) is 5.41 Å². The van der Waals surface area contributed by atoms with Crippen LogP contribution in [0.1, 0.15) is 51.4 Å². The molecule has 0 fully saturated rings. The average molecular weight is 879 g/mol. The van der Waals surface area contributed by atoms with Crippen LogP contribution in [0, 0.1) is 31.3 Å². The first-order chi connectivity index (χ1) is 24.3. The van der Waals surface area contributed by atoms with Crippen molar-refractivity contribution in [3.63, 3.8) is 0 Å². The maximum atomic E-state index is 8.80. The predicted molar refractivity (Wildman–Crippen MR) is 199 cm³/mol. The van der Waals surface area contributed by atoms with E-state index in [2.05, 4.69) is 63.0 Å². The zero-order chi connectivity index (χ0) is 37.8. The smallest absolute Gasteiger partial charge is 0 e. The van der Waals surface area contributed by atoms with Crippen molar-refractivity contribution in [2.75, 3.05) is 0 Å². The van der Waals surface area contributed by atoms with E-state index in [1.165, 1.54) is 6.07 Å². The molecule has 48 heavy (non-hydrogen) atoms. The SMILES string of the molecule is CCn1c(-c2[c-]ccc3c2oc2nc(C)ccc23)nc2ccccc21.[2H]C([2H])([2H])c1c[c-]c(-c2cc(C([2H])([2H])C(C)(C)C)[c]([Ge]([CH3])([CH3])[CH3])cn2)cc1.[Ir]. The zero-order valence-corrected chi connectivity index (χ0v) is 33.2. The van der Waals surface area contributed by atoms with E-state index in [4.69, 9.17) is 16.3 Å². The van der Waals surface area contributed by atoms with Crippen molar-refractivity contribution < 1.29 is 31.4 Å². The normalized spacial score (nSPS) is 14.0. The molecule has 1 radical (unpaired) electrons. The number of furan rings is 1. The minimum Gasteiger partial charge on any atom is 0 e. The maximum Gasteiger partial charge on any atom is 0 e. The van der Waals surface area contributed by atoms with E-state index in [1.54, 1.807) is 12.1 Å². The third kappa shape index (κ3) is 7.51. The molecule has 0 bridgehead atoms. The van der Waals surface area contributed by atoms with Crippen molar-refractivity contribution in [2.45, 2.75) is 71.7 Å². The number of aryl methyl sites for hydroxylation is 3. The van der Waals surface area contributed by atoms with Gasteiger partial charge in [0.15, 0.2) is 0 Å². The summed E-state index contributed by atoms with van der Waals surface area (Å²) in [6.45, 7) is 8.48. The number of para-hydroxylation sites is 2. The Labute approximate surface area is 308 Å². The first kappa shape index (κ1) is 29.3.